The maximum absolute atomic E-state index is 10.9. The Hall–Kier alpha value is -2.12. The van der Waals surface area contributed by atoms with Crippen LogP contribution in [0.2, 0.25) is 0 Å². The fourth-order valence-corrected chi connectivity index (χ4v) is 1.81. The van der Waals surface area contributed by atoms with E-state index in [2.05, 4.69) is 15.9 Å². The fourth-order valence-electron chi connectivity index (χ4n) is 1.43. The normalized spacial score (nSPS) is 9.56. The van der Waals surface area contributed by atoms with Crippen LogP contribution in [0, 0.1) is 11.3 Å². The summed E-state index contributed by atoms with van der Waals surface area (Å²) in [6.07, 6.45) is 0.740. The molecule has 0 aromatic heterocycles. The molecule has 88 valence electrons. The van der Waals surface area contributed by atoms with Crippen molar-refractivity contribution >= 4 is 22.2 Å². The van der Waals surface area contributed by atoms with Gasteiger partial charge in [-0.2, -0.15) is 5.26 Å². The van der Waals surface area contributed by atoms with E-state index in [-0.39, 0.29) is 0 Å². The Morgan fingerprint density at radius 2 is 1.89 bits per heavy atom. The van der Waals surface area contributed by atoms with Gasteiger partial charge in [-0.15, -0.1) is 0 Å². The standard InChI is InChI=1S/C14H8BrNO2/c15-12-3-6-14(11(7-12)9-17)18-13-4-1-10(8-16)2-5-13/h1-7,9H. The van der Waals surface area contributed by atoms with E-state index in [1.165, 1.54) is 0 Å². The molecule has 0 aliphatic heterocycles. The quantitative estimate of drug-likeness (QED) is 0.807. The number of nitriles is 1. The van der Waals surface area contributed by atoms with E-state index in [9.17, 15) is 4.79 Å². The molecule has 3 nitrogen and oxygen atoms in total. The highest BCUT2D eigenvalue weighted by Crippen LogP contribution is 2.27. The summed E-state index contributed by atoms with van der Waals surface area (Å²) in [5.74, 6) is 1.07. The van der Waals surface area contributed by atoms with Gasteiger partial charge < -0.3 is 4.74 Å². The Labute approximate surface area is 113 Å². The van der Waals surface area contributed by atoms with Crippen molar-refractivity contribution in [3.05, 3.63) is 58.1 Å². The van der Waals surface area contributed by atoms with Gasteiger partial charge in [0.1, 0.15) is 11.5 Å². The van der Waals surface area contributed by atoms with Gasteiger partial charge in [0.2, 0.25) is 0 Å². The monoisotopic (exact) mass is 301 g/mol. The van der Waals surface area contributed by atoms with Crippen molar-refractivity contribution in [1.82, 2.24) is 0 Å². The summed E-state index contributed by atoms with van der Waals surface area (Å²) in [5.41, 5.74) is 1.03. The Morgan fingerprint density at radius 1 is 1.17 bits per heavy atom. The number of rotatable bonds is 3. The van der Waals surface area contributed by atoms with Crippen LogP contribution in [0.4, 0.5) is 0 Å². The van der Waals surface area contributed by atoms with Gasteiger partial charge in [-0.3, -0.25) is 4.79 Å². The number of carbonyl (C=O) groups excluding carboxylic acids is 1. The van der Waals surface area contributed by atoms with Crippen molar-refractivity contribution in [2.75, 3.05) is 0 Å². The molecule has 0 saturated carbocycles. The summed E-state index contributed by atoms with van der Waals surface area (Å²) >= 11 is 3.29. The Morgan fingerprint density at radius 3 is 2.50 bits per heavy atom. The van der Waals surface area contributed by atoms with Crippen molar-refractivity contribution in [2.45, 2.75) is 0 Å². The molecule has 18 heavy (non-hydrogen) atoms. The zero-order valence-corrected chi connectivity index (χ0v) is 10.8. The zero-order valence-electron chi connectivity index (χ0n) is 9.26. The number of ether oxygens (including phenoxy) is 1. The number of halogens is 1. The Kier molecular flexibility index (Phi) is 3.75. The zero-order chi connectivity index (χ0) is 13.0. The summed E-state index contributed by atoms with van der Waals surface area (Å²) in [5, 5.41) is 8.69. The molecule has 0 saturated heterocycles. The predicted octanol–water partition coefficient (Wildman–Crippen LogP) is 3.93. The molecular weight excluding hydrogens is 294 g/mol. The van der Waals surface area contributed by atoms with Crippen molar-refractivity contribution in [3.63, 3.8) is 0 Å². The number of hydrogen-bond acceptors (Lipinski definition) is 3. The first-order chi connectivity index (χ1) is 8.72. The molecule has 0 atom stereocenters. The van der Waals surface area contributed by atoms with Crippen LogP contribution in [-0.2, 0) is 0 Å². The van der Waals surface area contributed by atoms with E-state index in [4.69, 9.17) is 10.00 Å². The molecule has 2 aromatic carbocycles. The average molecular weight is 302 g/mol. The lowest BCUT2D eigenvalue weighted by atomic mass is 10.2. The summed E-state index contributed by atoms with van der Waals surface area (Å²) in [7, 11) is 0. The molecule has 0 bridgehead atoms. The van der Waals surface area contributed by atoms with Gasteiger partial charge in [0.15, 0.2) is 6.29 Å². The minimum atomic E-state index is 0.466. The van der Waals surface area contributed by atoms with Gasteiger partial charge in [0.05, 0.1) is 17.2 Å². The smallest absolute Gasteiger partial charge is 0.153 e. The van der Waals surface area contributed by atoms with Crippen LogP contribution >= 0.6 is 15.9 Å². The van der Waals surface area contributed by atoms with Gasteiger partial charge in [-0.1, -0.05) is 15.9 Å². The second-order valence-electron chi connectivity index (χ2n) is 3.54. The molecule has 2 aromatic rings. The summed E-state index contributed by atoms with van der Waals surface area (Å²) < 4.78 is 6.41. The van der Waals surface area contributed by atoms with E-state index >= 15 is 0 Å². The third-order valence-electron chi connectivity index (χ3n) is 2.31. The highest BCUT2D eigenvalue weighted by atomic mass is 79.9. The Bertz CT molecular complexity index is 615. The molecule has 4 heteroatoms. The fraction of sp³-hybridized carbons (Fsp3) is 0. The lowest BCUT2D eigenvalue weighted by molar-refractivity contribution is 0.112. The molecule has 0 unspecified atom stereocenters. The van der Waals surface area contributed by atoms with Crippen LogP contribution in [0.5, 0.6) is 11.5 Å². The van der Waals surface area contributed by atoms with Crippen LogP contribution < -0.4 is 4.74 Å². The Balaban J connectivity index is 2.28. The maximum Gasteiger partial charge on any atom is 0.153 e. The first-order valence-electron chi connectivity index (χ1n) is 5.15. The molecule has 0 spiro atoms. The number of hydrogen-bond donors (Lipinski definition) is 0. The molecule has 0 N–H and O–H groups in total. The van der Waals surface area contributed by atoms with E-state index in [1.807, 2.05) is 6.07 Å². The topological polar surface area (TPSA) is 50.1 Å². The molecule has 0 aliphatic rings. The highest BCUT2D eigenvalue weighted by molar-refractivity contribution is 9.10. The van der Waals surface area contributed by atoms with Crippen LogP contribution in [0.15, 0.2) is 46.9 Å². The predicted molar refractivity (Wildman–Crippen MR) is 70.8 cm³/mol. The lowest BCUT2D eigenvalue weighted by Gasteiger charge is -2.08. The van der Waals surface area contributed by atoms with Crippen LogP contribution in [0.1, 0.15) is 15.9 Å². The van der Waals surface area contributed by atoms with Crippen LogP contribution in [-0.4, -0.2) is 6.29 Å². The summed E-state index contributed by atoms with van der Waals surface area (Å²) in [6.45, 7) is 0. The van der Waals surface area contributed by atoms with Crippen molar-refractivity contribution in [2.24, 2.45) is 0 Å². The number of benzene rings is 2. The number of nitrogens with zero attached hydrogens (tertiary/aromatic N) is 1. The minimum absolute atomic E-state index is 0.466. The third-order valence-corrected chi connectivity index (χ3v) is 2.80. The number of aldehydes is 1. The van der Waals surface area contributed by atoms with Gasteiger partial charge in [0.25, 0.3) is 0 Å². The summed E-state index contributed by atoms with van der Waals surface area (Å²) in [6, 6.07) is 13.9. The van der Waals surface area contributed by atoms with Crippen molar-refractivity contribution < 1.29 is 9.53 Å². The molecule has 0 amide bonds. The lowest BCUT2D eigenvalue weighted by Crippen LogP contribution is -1.90. The van der Waals surface area contributed by atoms with E-state index in [1.54, 1.807) is 42.5 Å². The summed E-state index contributed by atoms with van der Waals surface area (Å²) in [4.78, 5) is 10.9. The molecule has 0 aliphatic carbocycles. The minimum Gasteiger partial charge on any atom is -0.457 e. The molecule has 0 radical (unpaired) electrons. The first kappa shape index (κ1) is 12.3. The van der Waals surface area contributed by atoms with Gasteiger partial charge in [0, 0.05) is 4.47 Å². The average Bonchev–Trinajstić information content (AvgIpc) is 2.41. The molecule has 0 fully saturated rings. The van der Waals surface area contributed by atoms with E-state index in [0.717, 1.165) is 10.8 Å². The van der Waals surface area contributed by atoms with Crippen molar-refractivity contribution in [1.29, 1.82) is 5.26 Å². The molecular formula is C14H8BrNO2. The molecule has 2 rings (SSSR count). The van der Waals surface area contributed by atoms with Crippen LogP contribution in [0.3, 0.4) is 0 Å². The second-order valence-corrected chi connectivity index (χ2v) is 4.45. The van der Waals surface area contributed by atoms with Crippen molar-refractivity contribution in [3.8, 4) is 17.6 Å². The first-order valence-corrected chi connectivity index (χ1v) is 5.95. The van der Waals surface area contributed by atoms with Gasteiger partial charge in [-0.25, -0.2) is 0 Å². The molecule has 0 heterocycles. The van der Waals surface area contributed by atoms with Gasteiger partial charge in [-0.05, 0) is 42.5 Å². The largest absolute Gasteiger partial charge is 0.457 e. The third kappa shape index (κ3) is 2.76. The van der Waals surface area contributed by atoms with Gasteiger partial charge >= 0.3 is 0 Å². The van der Waals surface area contributed by atoms with Crippen LogP contribution in [0.25, 0.3) is 0 Å². The van der Waals surface area contributed by atoms with E-state index in [0.29, 0.717) is 22.6 Å². The maximum atomic E-state index is 10.9. The SMILES string of the molecule is N#Cc1ccc(Oc2ccc(Br)cc2C=O)cc1. The second kappa shape index (κ2) is 5.48. The van der Waals surface area contributed by atoms with E-state index < -0.39 is 0 Å². The highest BCUT2D eigenvalue weighted by Gasteiger charge is 2.05. The number of carbonyl (C=O) groups is 1.